The first kappa shape index (κ1) is 16.9. The smallest absolute Gasteiger partial charge is 0.252 e. The van der Waals surface area contributed by atoms with Gasteiger partial charge in [0.25, 0.3) is 5.91 Å². The molecule has 7 nitrogen and oxygen atoms in total. The lowest BCUT2D eigenvalue weighted by molar-refractivity contribution is -0.129. The van der Waals surface area contributed by atoms with Crippen LogP contribution in [0.3, 0.4) is 0 Å². The molecule has 3 rings (SSSR count). The van der Waals surface area contributed by atoms with Crippen LogP contribution in [0.15, 0.2) is 31.1 Å². The molecule has 2 aromatic heterocycles. The van der Waals surface area contributed by atoms with Gasteiger partial charge in [-0.05, 0) is 25.0 Å². The minimum atomic E-state index is -1.60. The summed E-state index contributed by atoms with van der Waals surface area (Å²) >= 11 is 0. The van der Waals surface area contributed by atoms with E-state index in [1.165, 1.54) is 17.2 Å². The second-order valence-electron chi connectivity index (χ2n) is 6.22. The Bertz CT molecular complexity index is 834. The number of nitrogens with one attached hydrogen (secondary N) is 2. The number of carbonyl (C=O) groups excluding carboxylic acids is 2. The number of piperidine rings is 1. The lowest BCUT2D eigenvalue weighted by atomic mass is 9.94. The Morgan fingerprint density at radius 2 is 2.36 bits per heavy atom. The van der Waals surface area contributed by atoms with Gasteiger partial charge in [0.05, 0.1) is 24.3 Å². The van der Waals surface area contributed by atoms with Crippen molar-refractivity contribution in [2.75, 3.05) is 25.0 Å². The average molecular weight is 345 g/mol. The molecule has 0 saturated carbocycles. The molecule has 1 aliphatic rings. The number of carbonyl (C=O) groups is 2. The van der Waals surface area contributed by atoms with Crippen molar-refractivity contribution in [3.05, 3.63) is 36.7 Å². The highest BCUT2D eigenvalue weighted by Crippen LogP contribution is 2.29. The quantitative estimate of drug-likeness (QED) is 0.716. The molecular formula is C17H20FN5O2. The Morgan fingerprint density at radius 1 is 1.56 bits per heavy atom. The second kappa shape index (κ2) is 6.54. The third kappa shape index (κ3) is 3.33. The van der Waals surface area contributed by atoms with Gasteiger partial charge in [0.1, 0.15) is 11.3 Å². The minimum absolute atomic E-state index is 0.0158. The third-order valence-electron chi connectivity index (χ3n) is 4.45. The van der Waals surface area contributed by atoms with Crippen LogP contribution in [0.1, 0.15) is 23.2 Å². The maximum Gasteiger partial charge on any atom is 0.252 e. The molecule has 1 saturated heterocycles. The van der Waals surface area contributed by atoms with Gasteiger partial charge in [-0.15, -0.1) is 0 Å². The SMILES string of the molecule is C=CC(=O)N1CCCC(F)(CNc2c(C(N)=O)cnc3[nH]ccc23)C1. The summed E-state index contributed by atoms with van der Waals surface area (Å²) < 4.78 is 15.2. The number of aromatic nitrogens is 2. The first-order valence-electron chi connectivity index (χ1n) is 8.03. The van der Waals surface area contributed by atoms with Crippen LogP contribution < -0.4 is 11.1 Å². The fourth-order valence-corrected chi connectivity index (χ4v) is 3.18. The minimum Gasteiger partial charge on any atom is -0.380 e. The zero-order valence-electron chi connectivity index (χ0n) is 13.7. The molecule has 1 fully saturated rings. The van der Waals surface area contributed by atoms with Gasteiger partial charge in [-0.3, -0.25) is 9.59 Å². The maximum atomic E-state index is 15.2. The highest BCUT2D eigenvalue weighted by Gasteiger charge is 2.37. The van der Waals surface area contributed by atoms with Crippen molar-refractivity contribution < 1.29 is 14.0 Å². The van der Waals surface area contributed by atoms with E-state index < -0.39 is 11.6 Å². The normalized spacial score (nSPS) is 20.4. The molecule has 0 bridgehead atoms. The summed E-state index contributed by atoms with van der Waals surface area (Å²) in [5.41, 5.74) is 5.03. The number of H-pyrrole nitrogens is 1. The largest absolute Gasteiger partial charge is 0.380 e. The number of halogens is 1. The Morgan fingerprint density at radius 3 is 3.08 bits per heavy atom. The first-order valence-corrected chi connectivity index (χ1v) is 8.03. The standard InChI is InChI=1S/C17H20FN5O2/c1-2-13(24)23-7-3-5-17(18,10-23)9-22-14-11-4-6-20-16(11)21-8-12(14)15(19)25/h2,4,6,8H,1,3,5,7,9-10H2,(H2,19,25)(H2,20,21,22). The monoisotopic (exact) mass is 345 g/mol. The number of fused-ring (bicyclic) bond motifs is 1. The highest BCUT2D eigenvalue weighted by atomic mass is 19.1. The highest BCUT2D eigenvalue weighted by molar-refractivity contribution is 6.05. The van der Waals surface area contributed by atoms with Crippen molar-refractivity contribution in [1.29, 1.82) is 0 Å². The van der Waals surface area contributed by atoms with E-state index in [9.17, 15) is 9.59 Å². The van der Waals surface area contributed by atoms with E-state index in [0.717, 1.165) is 0 Å². The van der Waals surface area contributed by atoms with Crippen molar-refractivity contribution in [2.45, 2.75) is 18.5 Å². The number of aromatic amines is 1. The molecule has 2 amide bonds. The van der Waals surface area contributed by atoms with Crippen LogP contribution in [-0.4, -0.2) is 52.0 Å². The molecule has 1 unspecified atom stereocenters. The van der Waals surface area contributed by atoms with Gasteiger partial charge in [0, 0.05) is 24.3 Å². The van der Waals surface area contributed by atoms with Crippen LogP contribution >= 0.6 is 0 Å². The zero-order valence-corrected chi connectivity index (χ0v) is 13.7. The molecule has 1 aliphatic heterocycles. The van der Waals surface area contributed by atoms with Crippen molar-refractivity contribution in [2.24, 2.45) is 5.73 Å². The fraction of sp³-hybridized carbons (Fsp3) is 0.353. The Balaban J connectivity index is 1.83. The van der Waals surface area contributed by atoms with Crippen LogP contribution in [0, 0.1) is 0 Å². The van der Waals surface area contributed by atoms with E-state index in [1.807, 2.05) is 0 Å². The summed E-state index contributed by atoms with van der Waals surface area (Å²) in [6, 6.07) is 1.75. The Labute approximate surface area is 144 Å². The molecule has 4 N–H and O–H groups in total. The topological polar surface area (TPSA) is 104 Å². The molecule has 1 atom stereocenters. The zero-order chi connectivity index (χ0) is 18.0. The van der Waals surface area contributed by atoms with Crippen LogP contribution in [0.4, 0.5) is 10.1 Å². The van der Waals surface area contributed by atoms with Crippen molar-refractivity contribution in [3.63, 3.8) is 0 Å². The van der Waals surface area contributed by atoms with Crippen molar-refractivity contribution in [3.8, 4) is 0 Å². The van der Waals surface area contributed by atoms with E-state index in [-0.39, 0.29) is 24.6 Å². The maximum absolute atomic E-state index is 15.2. The number of alkyl halides is 1. The number of primary amides is 1. The van der Waals surface area contributed by atoms with E-state index in [2.05, 4.69) is 21.9 Å². The number of hydrogen-bond donors (Lipinski definition) is 3. The van der Waals surface area contributed by atoms with E-state index in [1.54, 1.807) is 12.3 Å². The number of amides is 2. The van der Waals surface area contributed by atoms with E-state index in [0.29, 0.717) is 36.1 Å². The van der Waals surface area contributed by atoms with Crippen LogP contribution in [0.2, 0.25) is 0 Å². The molecule has 25 heavy (non-hydrogen) atoms. The molecule has 8 heteroatoms. The molecular weight excluding hydrogens is 325 g/mol. The predicted molar refractivity (Wildman–Crippen MR) is 93.0 cm³/mol. The number of likely N-dealkylation sites (tertiary alicyclic amines) is 1. The second-order valence-corrected chi connectivity index (χ2v) is 6.22. The summed E-state index contributed by atoms with van der Waals surface area (Å²) in [7, 11) is 0. The fourth-order valence-electron chi connectivity index (χ4n) is 3.18. The number of nitrogens with zero attached hydrogens (tertiary/aromatic N) is 2. The van der Waals surface area contributed by atoms with E-state index in [4.69, 9.17) is 5.73 Å². The molecule has 132 valence electrons. The van der Waals surface area contributed by atoms with Crippen LogP contribution in [0.25, 0.3) is 11.0 Å². The predicted octanol–water partition coefficient (Wildman–Crippen LogP) is 1.59. The number of rotatable bonds is 5. The molecule has 2 aromatic rings. The van der Waals surface area contributed by atoms with Gasteiger partial charge in [-0.2, -0.15) is 0 Å². The van der Waals surface area contributed by atoms with Crippen molar-refractivity contribution >= 4 is 28.5 Å². The van der Waals surface area contributed by atoms with E-state index >= 15 is 4.39 Å². The summed E-state index contributed by atoms with van der Waals surface area (Å²) in [5.74, 6) is -0.922. The Kier molecular flexibility index (Phi) is 4.43. The van der Waals surface area contributed by atoms with Crippen LogP contribution in [-0.2, 0) is 4.79 Å². The van der Waals surface area contributed by atoms with Gasteiger partial charge in [0.15, 0.2) is 0 Å². The van der Waals surface area contributed by atoms with Gasteiger partial charge in [0.2, 0.25) is 5.91 Å². The molecule has 3 heterocycles. The lowest BCUT2D eigenvalue weighted by Gasteiger charge is -2.37. The lowest BCUT2D eigenvalue weighted by Crippen LogP contribution is -2.50. The van der Waals surface area contributed by atoms with Gasteiger partial charge in [-0.25, -0.2) is 9.37 Å². The summed E-state index contributed by atoms with van der Waals surface area (Å²) in [4.78, 5) is 32.0. The van der Waals surface area contributed by atoms with Gasteiger partial charge >= 0.3 is 0 Å². The average Bonchev–Trinajstić information content (AvgIpc) is 3.07. The summed E-state index contributed by atoms with van der Waals surface area (Å²) in [6.07, 6.45) is 5.13. The number of nitrogens with two attached hydrogens (primary N) is 1. The molecule has 0 aromatic carbocycles. The molecule has 0 radical (unpaired) electrons. The molecule has 0 aliphatic carbocycles. The summed E-state index contributed by atoms with van der Waals surface area (Å²) in [6.45, 7) is 3.90. The van der Waals surface area contributed by atoms with Gasteiger partial charge < -0.3 is 20.9 Å². The third-order valence-corrected chi connectivity index (χ3v) is 4.45. The number of anilines is 1. The molecule has 0 spiro atoms. The summed E-state index contributed by atoms with van der Waals surface area (Å²) in [5, 5.41) is 3.67. The van der Waals surface area contributed by atoms with Crippen LogP contribution in [0.5, 0.6) is 0 Å². The van der Waals surface area contributed by atoms with Gasteiger partial charge in [-0.1, -0.05) is 6.58 Å². The Hall–Kier alpha value is -2.90. The number of pyridine rings is 1. The van der Waals surface area contributed by atoms with Crippen molar-refractivity contribution in [1.82, 2.24) is 14.9 Å². The first-order chi connectivity index (χ1) is 11.9. The number of hydrogen-bond acceptors (Lipinski definition) is 4.